The van der Waals surface area contributed by atoms with E-state index in [0.717, 1.165) is 6.42 Å². The van der Waals surface area contributed by atoms with E-state index in [4.69, 9.17) is 10.5 Å². The highest BCUT2D eigenvalue weighted by Gasteiger charge is 2.06. The highest BCUT2D eigenvalue weighted by molar-refractivity contribution is 5.37. The van der Waals surface area contributed by atoms with E-state index in [0.29, 0.717) is 17.7 Å². The van der Waals surface area contributed by atoms with E-state index in [2.05, 4.69) is 18.8 Å². The van der Waals surface area contributed by atoms with Gasteiger partial charge in [-0.2, -0.15) is 0 Å². The van der Waals surface area contributed by atoms with Crippen molar-refractivity contribution in [3.05, 3.63) is 35.1 Å². The van der Waals surface area contributed by atoms with Crippen molar-refractivity contribution in [3.8, 4) is 11.8 Å². The summed E-state index contributed by atoms with van der Waals surface area (Å²) in [5.74, 6) is 5.27. The second kappa shape index (κ2) is 10.4. The van der Waals surface area contributed by atoms with Gasteiger partial charge in [-0.1, -0.05) is 50.5 Å². The van der Waals surface area contributed by atoms with Crippen molar-refractivity contribution >= 4 is 0 Å². The van der Waals surface area contributed by atoms with Crippen molar-refractivity contribution in [1.29, 1.82) is 0 Å². The summed E-state index contributed by atoms with van der Waals surface area (Å²) in [6.45, 7) is 4.84. The molecule has 1 unspecified atom stereocenters. The zero-order valence-electron chi connectivity index (χ0n) is 13.1. The van der Waals surface area contributed by atoms with Gasteiger partial charge in [0.1, 0.15) is 5.82 Å². The quantitative estimate of drug-likeness (QED) is 0.580. The third kappa shape index (κ3) is 7.27. The maximum atomic E-state index is 13.9. The fourth-order valence-electron chi connectivity index (χ4n) is 2.07. The second-order valence-electron chi connectivity index (χ2n) is 5.28. The van der Waals surface area contributed by atoms with Gasteiger partial charge >= 0.3 is 0 Å². The molecule has 0 aromatic heterocycles. The molecule has 0 bridgehead atoms. The number of hydrogen-bond acceptors (Lipinski definition) is 2. The van der Waals surface area contributed by atoms with Crippen molar-refractivity contribution in [2.45, 2.75) is 58.7 Å². The van der Waals surface area contributed by atoms with Gasteiger partial charge in [0.05, 0.1) is 19.3 Å². The molecule has 1 aromatic rings. The first-order chi connectivity index (χ1) is 10.2. The summed E-state index contributed by atoms with van der Waals surface area (Å²) in [4.78, 5) is 0. The first kappa shape index (κ1) is 17.7. The highest BCUT2D eigenvalue weighted by Crippen LogP contribution is 2.14. The summed E-state index contributed by atoms with van der Waals surface area (Å²) in [7, 11) is 0. The molecule has 0 fully saturated rings. The molecule has 0 amide bonds. The van der Waals surface area contributed by atoms with E-state index in [1.165, 1.54) is 31.7 Å². The standard InChI is InChI=1S/C18H26FNO/c1-3-4-5-6-8-15(2)21-14-17-11-10-16(9-7-12-20)13-18(17)19/h10-11,13,15H,3-6,8,12,14,20H2,1-2H3. The molecule has 0 radical (unpaired) electrons. The van der Waals surface area contributed by atoms with Gasteiger partial charge in [-0.3, -0.25) is 0 Å². The predicted molar refractivity (Wildman–Crippen MR) is 85.3 cm³/mol. The first-order valence-electron chi connectivity index (χ1n) is 7.76. The molecule has 21 heavy (non-hydrogen) atoms. The maximum Gasteiger partial charge on any atom is 0.129 e. The minimum absolute atomic E-state index is 0.165. The molecular weight excluding hydrogens is 265 g/mol. The zero-order valence-corrected chi connectivity index (χ0v) is 13.1. The van der Waals surface area contributed by atoms with E-state index in [-0.39, 0.29) is 18.5 Å². The van der Waals surface area contributed by atoms with Crippen LogP contribution < -0.4 is 5.73 Å². The highest BCUT2D eigenvalue weighted by atomic mass is 19.1. The topological polar surface area (TPSA) is 35.2 Å². The molecule has 0 aliphatic rings. The van der Waals surface area contributed by atoms with E-state index < -0.39 is 0 Å². The third-order valence-corrected chi connectivity index (χ3v) is 3.38. The summed E-state index contributed by atoms with van der Waals surface area (Å²) in [6.07, 6.45) is 6.12. The van der Waals surface area contributed by atoms with Gasteiger partial charge in [0.25, 0.3) is 0 Å². The molecule has 1 atom stereocenters. The number of unbranched alkanes of at least 4 members (excludes halogenated alkanes) is 3. The predicted octanol–water partition coefficient (Wildman–Crippen LogP) is 4.01. The molecule has 1 rings (SSSR count). The van der Waals surface area contributed by atoms with Crippen LogP contribution in [0.25, 0.3) is 0 Å². The number of nitrogens with two attached hydrogens (primary N) is 1. The fourth-order valence-corrected chi connectivity index (χ4v) is 2.07. The van der Waals surface area contributed by atoms with Crippen molar-refractivity contribution in [2.75, 3.05) is 6.54 Å². The summed E-state index contributed by atoms with van der Waals surface area (Å²) >= 11 is 0. The molecule has 2 N–H and O–H groups in total. The lowest BCUT2D eigenvalue weighted by Crippen LogP contribution is -2.09. The van der Waals surface area contributed by atoms with Crippen molar-refractivity contribution in [1.82, 2.24) is 0 Å². The summed E-state index contributed by atoms with van der Waals surface area (Å²) in [5.41, 5.74) is 6.52. The number of halogens is 1. The van der Waals surface area contributed by atoms with E-state index >= 15 is 0 Å². The van der Waals surface area contributed by atoms with Gasteiger partial charge < -0.3 is 10.5 Å². The van der Waals surface area contributed by atoms with Crippen LogP contribution in [0.15, 0.2) is 18.2 Å². The maximum absolute atomic E-state index is 13.9. The Morgan fingerprint density at radius 2 is 2.10 bits per heavy atom. The Labute approximate surface area is 127 Å². The van der Waals surface area contributed by atoms with Gasteiger partial charge in [-0.15, -0.1) is 0 Å². The molecule has 3 heteroatoms. The Bertz CT molecular complexity index is 476. The molecule has 2 nitrogen and oxygen atoms in total. The monoisotopic (exact) mass is 291 g/mol. The molecule has 0 saturated carbocycles. The van der Waals surface area contributed by atoms with Gasteiger partial charge in [0.15, 0.2) is 0 Å². The van der Waals surface area contributed by atoms with Crippen LogP contribution in [0.4, 0.5) is 4.39 Å². The van der Waals surface area contributed by atoms with Crippen LogP contribution in [-0.2, 0) is 11.3 Å². The molecular formula is C18H26FNO. The van der Waals surface area contributed by atoms with Crippen LogP contribution in [0.3, 0.4) is 0 Å². The number of hydrogen-bond donors (Lipinski definition) is 1. The third-order valence-electron chi connectivity index (χ3n) is 3.38. The van der Waals surface area contributed by atoms with Gasteiger partial charge in [0, 0.05) is 11.1 Å². The SMILES string of the molecule is CCCCCCC(C)OCc1ccc(C#CCN)cc1F. The molecule has 0 aliphatic carbocycles. The minimum atomic E-state index is -0.267. The van der Waals surface area contributed by atoms with Crippen LogP contribution >= 0.6 is 0 Å². The summed E-state index contributed by atoms with van der Waals surface area (Å²) < 4.78 is 19.6. The lowest BCUT2D eigenvalue weighted by atomic mass is 10.1. The van der Waals surface area contributed by atoms with Crippen LogP contribution in [0.1, 0.15) is 57.1 Å². The smallest absolute Gasteiger partial charge is 0.129 e. The second-order valence-corrected chi connectivity index (χ2v) is 5.28. The Morgan fingerprint density at radius 1 is 1.29 bits per heavy atom. The largest absolute Gasteiger partial charge is 0.374 e. The zero-order chi connectivity index (χ0) is 15.5. The first-order valence-corrected chi connectivity index (χ1v) is 7.76. The average molecular weight is 291 g/mol. The van der Waals surface area contributed by atoms with Gasteiger partial charge in [-0.25, -0.2) is 4.39 Å². The summed E-state index contributed by atoms with van der Waals surface area (Å²) in [6, 6.07) is 4.98. The average Bonchev–Trinajstić information content (AvgIpc) is 2.48. The lowest BCUT2D eigenvalue weighted by molar-refractivity contribution is 0.0443. The van der Waals surface area contributed by atoms with Crippen molar-refractivity contribution in [3.63, 3.8) is 0 Å². The van der Waals surface area contributed by atoms with Crippen molar-refractivity contribution in [2.24, 2.45) is 5.73 Å². The molecule has 0 aliphatic heterocycles. The Balaban J connectivity index is 2.41. The van der Waals surface area contributed by atoms with E-state index in [9.17, 15) is 4.39 Å². The molecule has 116 valence electrons. The molecule has 1 aromatic carbocycles. The Hall–Kier alpha value is -1.37. The van der Waals surface area contributed by atoms with Crippen molar-refractivity contribution < 1.29 is 9.13 Å². The number of rotatable bonds is 8. The molecule has 0 saturated heterocycles. The van der Waals surface area contributed by atoms with Crippen LogP contribution in [-0.4, -0.2) is 12.6 Å². The molecule has 0 heterocycles. The number of benzene rings is 1. The normalized spacial score (nSPS) is 11.8. The fraction of sp³-hybridized carbons (Fsp3) is 0.556. The van der Waals surface area contributed by atoms with Crippen LogP contribution in [0, 0.1) is 17.7 Å². The minimum Gasteiger partial charge on any atom is -0.374 e. The van der Waals surface area contributed by atoms with Gasteiger partial charge in [-0.05, 0) is 25.5 Å². The van der Waals surface area contributed by atoms with Crippen LogP contribution in [0.2, 0.25) is 0 Å². The van der Waals surface area contributed by atoms with E-state index in [1.807, 2.05) is 6.92 Å². The number of ether oxygens (including phenoxy) is 1. The molecule has 0 spiro atoms. The van der Waals surface area contributed by atoms with E-state index in [1.54, 1.807) is 12.1 Å². The summed E-state index contributed by atoms with van der Waals surface area (Å²) in [5, 5.41) is 0. The van der Waals surface area contributed by atoms with Gasteiger partial charge in [0.2, 0.25) is 0 Å². The lowest BCUT2D eigenvalue weighted by Gasteiger charge is -2.13. The Kier molecular flexibility index (Phi) is 8.73. The Morgan fingerprint density at radius 3 is 2.76 bits per heavy atom. The van der Waals surface area contributed by atoms with Crippen LogP contribution in [0.5, 0.6) is 0 Å².